The minimum Gasteiger partial charge on any atom is -0.347 e. The fourth-order valence-electron chi connectivity index (χ4n) is 2.03. The van der Waals surface area contributed by atoms with Gasteiger partial charge in [0.1, 0.15) is 0 Å². The molecule has 2 heterocycles. The van der Waals surface area contributed by atoms with E-state index in [1.165, 1.54) is 0 Å². The second kappa shape index (κ2) is 7.01. The highest BCUT2D eigenvalue weighted by Crippen LogP contribution is 2.29. The fraction of sp³-hybridized carbons (Fsp3) is 0.125. The smallest absolute Gasteiger partial charge is 0.253 e. The van der Waals surface area contributed by atoms with E-state index >= 15 is 0 Å². The normalized spacial score (nSPS) is 10.7. The van der Waals surface area contributed by atoms with Crippen LogP contribution in [-0.4, -0.2) is 10.9 Å². The summed E-state index contributed by atoms with van der Waals surface area (Å²) in [5.74, 6) is -0.239. The third kappa shape index (κ3) is 3.75. The van der Waals surface area contributed by atoms with Gasteiger partial charge >= 0.3 is 0 Å². The topological polar surface area (TPSA) is 42.0 Å². The molecule has 3 rings (SSSR count). The van der Waals surface area contributed by atoms with E-state index in [1.54, 1.807) is 40.9 Å². The van der Waals surface area contributed by atoms with Gasteiger partial charge < -0.3 is 5.32 Å². The zero-order valence-electron chi connectivity index (χ0n) is 12.1. The molecule has 23 heavy (non-hydrogen) atoms. The van der Waals surface area contributed by atoms with Crippen LogP contribution in [0.15, 0.2) is 35.7 Å². The first-order valence-corrected chi connectivity index (χ1v) is 9.23. The molecule has 0 bridgehead atoms. The van der Waals surface area contributed by atoms with Crippen LogP contribution in [0.25, 0.3) is 10.6 Å². The van der Waals surface area contributed by atoms with Gasteiger partial charge in [-0.05, 0) is 31.2 Å². The fourth-order valence-corrected chi connectivity index (χ4v) is 4.01. The van der Waals surface area contributed by atoms with Crippen LogP contribution >= 0.6 is 45.9 Å². The van der Waals surface area contributed by atoms with Gasteiger partial charge in [0.05, 0.1) is 37.7 Å². The summed E-state index contributed by atoms with van der Waals surface area (Å²) in [4.78, 5) is 18.8. The molecule has 7 heteroatoms. The number of nitrogens with one attached hydrogen (secondary N) is 1. The number of aryl methyl sites for hydroxylation is 1. The largest absolute Gasteiger partial charge is 0.347 e. The van der Waals surface area contributed by atoms with E-state index in [2.05, 4.69) is 10.3 Å². The minimum atomic E-state index is -0.239. The molecule has 0 saturated heterocycles. The van der Waals surface area contributed by atoms with Crippen molar-refractivity contribution < 1.29 is 4.79 Å². The highest BCUT2D eigenvalue weighted by Gasteiger charge is 2.13. The average molecular weight is 383 g/mol. The van der Waals surface area contributed by atoms with E-state index in [1.807, 2.05) is 24.4 Å². The number of aromatic nitrogens is 1. The average Bonchev–Trinajstić information content (AvgIpc) is 3.16. The van der Waals surface area contributed by atoms with Gasteiger partial charge in [-0.25, -0.2) is 4.98 Å². The van der Waals surface area contributed by atoms with Crippen LogP contribution in [0.1, 0.15) is 20.2 Å². The summed E-state index contributed by atoms with van der Waals surface area (Å²) in [5.41, 5.74) is 1.36. The maximum Gasteiger partial charge on any atom is 0.253 e. The lowest BCUT2D eigenvalue weighted by atomic mass is 10.2. The first-order valence-electron chi connectivity index (χ1n) is 6.78. The van der Waals surface area contributed by atoms with E-state index in [0.717, 1.165) is 20.5 Å². The Morgan fingerprint density at radius 3 is 2.83 bits per heavy atom. The lowest BCUT2D eigenvalue weighted by Gasteiger charge is -2.06. The Morgan fingerprint density at radius 1 is 1.26 bits per heavy atom. The number of benzene rings is 1. The van der Waals surface area contributed by atoms with Crippen LogP contribution in [-0.2, 0) is 6.54 Å². The Hall–Kier alpha value is -1.40. The van der Waals surface area contributed by atoms with Crippen LogP contribution in [0.4, 0.5) is 0 Å². The van der Waals surface area contributed by atoms with Crippen LogP contribution in [0.5, 0.6) is 0 Å². The van der Waals surface area contributed by atoms with Crippen LogP contribution in [0, 0.1) is 6.92 Å². The van der Waals surface area contributed by atoms with Gasteiger partial charge in [-0.2, -0.15) is 0 Å². The zero-order chi connectivity index (χ0) is 16.4. The molecule has 1 amide bonds. The van der Waals surface area contributed by atoms with Crippen molar-refractivity contribution in [3.8, 4) is 10.6 Å². The predicted molar refractivity (Wildman–Crippen MR) is 97.8 cm³/mol. The lowest BCUT2D eigenvalue weighted by Crippen LogP contribution is -2.22. The standard InChI is InChI=1S/C16H12Cl2N2OS2/c1-9-20-13(8-22-9)14-6-5-10(23-14)7-19-16(21)11-3-2-4-12(17)15(11)18/h2-6,8H,7H2,1H3,(H,19,21). The Morgan fingerprint density at radius 2 is 2.09 bits per heavy atom. The van der Waals surface area contributed by atoms with E-state index in [9.17, 15) is 4.79 Å². The third-order valence-electron chi connectivity index (χ3n) is 3.15. The van der Waals surface area contributed by atoms with Crippen molar-refractivity contribution in [2.75, 3.05) is 0 Å². The quantitative estimate of drug-likeness (QED) is 0.654. The van der Waals surface area contributed by atoms with Crippen molar-refractivity contribution in [2.45, 2.75) is 13.5 Å². The number of hydrogen-bond donors (Lipinski definition) is 1. The number of thiazole rings is 1. The van der Waals surface area contributed by atoms with E-state index in [4.69, 9.17) is 23.2 Å². The minimum absolute atomic E-state index is 0.239. The molecule has 0 unspecified atom stereocenters. The maximum atomic E-state index is 12.2. The highest BCUT2D eigenvalue weighted by atomic mass is 35.5. The highest BCUT2D eigenvalue weighted by molar-refractivity contribution is 7.16. The van der Waals surface area contributed by atoms with Gasteiger partial charge in [0, 0.05) is 10.3 Å². The molecule has 2 aromatic heterocycles. The van der Waals surface area contributed by atoms with Crippen molar-refractivity contribution in [3.05, 3.63) is 61.2 Å². The Bertz CT molecular complexity index is 857. The number of carbonyl (C=O) groups is 1. The number of amides is 1. The summed E-state index contributed by atoms with van der Waals surface area (Å²) in [6.07, 6.45) is 0. The zero-order valence-corrected chi connectivity index (χ0v) is 15.2. The summed E-state index contributed by atoms with van der Waals surface area (Å²) >= 11 is 15.2. The Balaban J connectivity index is 1.68. The molecule has 3 aromatic rings. The molecule has 0 saturated carbocycles. The van der Waals surface area contributed by atoms with Gasteiger partial charge in [-0.3, -0.25) is 4.79 Å². The van der Waals surface area contributed by atoms with Gasteiger partial charge in [0.25, 0.3) is 5.91 Å². The molecule has 0 atom stereocenters. The lowest BCUT2D eigenvalue weighted by molar-refractivity contribution is 0.0951. The van der Waals surface area contributed by atoms with Crippen molar-refractivity contribution >= 4 is 51.8 Å². The summed E-state index contributed by atoms with van der Waals surface area (Å²) in [6.45, 7) is 2.42. The molecule has 118 valence electrons. The summed E-state index contributed by atoms with van der Waals surface area (Å²) in [5, 5.41) is 6.59. The molecule has 0 aliphatic heterocycles. The first kappa shape index (κ1) is 16.5. The number of rotatable bonds is 4. The summed E-state index contributed by atoms with van der Waals surface area (Å²) < 4.78 is 0. The van der Waals surface area contributed by atoms with Crippen LogP contribution in [0.2, 0.25) is 10.0 Å². The van der Waals surface area contributed by atoms with Crippen molar-refractivity contribution in [3.63, 3.8) is 0 Å². The predicted octanol–water partition coefficient (Wildman–Crippen LogP) is 5.42. The summed E-state index contributed by atoms with van der Waals surface area (Å²) in [6, 6.07) is 9.03. The molecule has 0 aliphatic carbocycles. The Kier molecular flexibility index (Phi) is 5.02. The molecule has 0 fully saturated rings. The number of thiophene rings is 1. The number of nitrogens with zero attached hydrogens (tertiary/aromatic N) is 1. The van der Waals surface area contributed by atoms with Gasteiger partial charge in [-0.15, -0.1) is 22.7 Å². The molecule has 0 spiro atoms. The molecular weight excluding hydrogens is 371 g/mol. The summed E-state index contributed by atoms with van der Waals surface area (Å²) in [7, 11) is 0. The molecule has 0 aliphatic rings. The third-order valence-corrected chi connectivity index (χ3v) is 5.85. The van der Waals surface area contributed by atoms with Crippen LogP contribution < -0.4 is 5.32 Å². The monoisotopic (exact) mass is 382 g/mol. The SMILES string of the molecule is Cc1nc(-c2ccc(CNC(=O)c3cccc(Cl)c3Cl)s2)cs1. The number of carbonyl (C=O) groups excluding carboxylic acids is 1. The van der Waals surface area contributed by atoms with E-state index < -0.39 is 0 Å². The molecular formula is C16H12Cl2N2OS2. The molecule has 1 N–H and O–H groups in total. The van der Waals surface area contributed by atoms with Crippen molar-refractivity contribution in [1.82, 2.24) is 10.3 Å². The van der Waals surface area contributed by atoms with E-state index in [-0.39, 0.29) is 10.9 Å². The van der Waals surface area contributed by atoms with Gasteiger partial charge in [0.2, 0.25) is 0 Å². The number of halogens is 2. The molecule has 0 radical (unpaired) electrons. The number of hydrogen-bond acceptors (Lipinski definition) is 4. The second-order valence-electron chi connectivity index (χ2n) is 4.80. The maximum absolute atomic E-state index is 12.2. The van der Waals surface area contributed by atoms with Gasteiger partial charge in [0.15, 0.2) is 0 Å². The van der Waals surface area contributed by atoms with E-state index in [0.29, 0.717) is 17.1 Å². The first-order chi connectivity index (χ1) is 11.0. The molecule has 1 aromatic carbocycles. The Labute approximate surface area is 151 Å². The van der Waals surface area contributed by atoms with Crippen molar-refractivity contribution in [2.24, 2.45) is 0 Å². The van der Waals surface area contributed by atoms with Crippen LogP contribution in [0.3, 0.4) is 0 Å². The van der Waals surface area contributed by atoms with Gasteiger partial charge in [-0.1, -0.05) is 29.3 Å². The van der Waals surface area contributed by atoms with Crippen molar-refractivity contribution in [1.29, 1.82) is 0 Å². The second-order valence-corrected chi connectivity index (χ2v) is 7.82. The molecule has 3 nitrogen and oxygen atoms in total.